The Morgan fingerprint density at radius 3 is 2.89 bits per heavy atom. The first-order valence-electron chi connectivity index (χ1n) is 5.16. The molecular weight excluding hydrogens is 232 g/mol. The van der Waals surface area contributed by atoms with Crippen molar-refractivity contribution in [2.24, 2.45) is 0 Å². The number of aliphatic hydroxyl groups is 1. The lowest BCUT2D eigenvalue weighted by atomic mass is 10.1. The maximum atomic E-state index is 8.68. The van der Waals surface area contributed by atoms with E-state index >= 15 is 0 Å². The standard InChI is InChI=1S/C13H12N2O3/c1-15-11(9-14)7-10-3-4-12(18-6-5-16)13(8-10)17-2/h3-4,7-8,16H,5-6H2,2H3. The molecule has 1 rings (SSSR count). The minimum Gasteiger partial charge on any atom is -0.493 e. The van der Waals surface area contributed by atoms with E-state index in [1.54, 1.807) is 24.3 Å². The van der Waals surface area contributed by atoms with Gasteiger partial charge in [-0.15, -0.1) is 0 Å². The van der Waals surface area contributed by atoms with E-state index in [2.05, 4.69) is 4.85 Å². The lowest BCUT2D eigenvalue weighted by molar-refractivity contribution is 0.196. The second kappa shape index (κ2) is 6.95. The lowest BCUT2D eigenvalue weighted by Gasteiger charge is -2.10. The first-order valence-corrected chi connectivity index (χ1v) is 5.16. The predicted octanol–water partition coefficient (Wildman–Crippen LogP) is 1.85. The summed E-state index contributed by atoms with van der Waals surface area (Å²) in [6.07, 6.45) is 1.46. The van der Waals surface area contributed by atoms with Gasteiger partial charge in [0, 0.05) is 0 Å². The molecule has 0 unspecified atom stereocenters. The Kier molecular flexibility index (Phi) is 5.24. The second-order valence-corrected chi connectivity index (χ2v) is 3.24. The molecule has 0 amide bonds. The summed E-state index contributed by atoms with van der Waals surface area (Å²) < 4.78 is 10.4. The maximum Gasteiger partial charge on any atom is 0.262 e. The van der Waals surface area contributed by atoms with Crippen molar-refractivity contribution in [3.63, 3.8) is 0 Å². The first kappa shape index (κ1) is 13.6. The Bertz CT molecular complexity index is 508. The Hall–Kier alpha value is -2.50. The number of hydrogen-bond acceptors (Lipinski definition) is 4. The summed E-state index contributed by atoms with van der Waals surface area (Å²) >= 11 is 0. The van der Waals surface area contributed by atoms with Gasteiger partial charge < -0.3 is 14.6 Å². The highest BCUT2D eigenvalue weighted by molar-refractivity contribution is 5.62. The van der Waals surface area contributed by atoms with E-state index in [4.69, 9.17) is 26.4 Å². The van der Waals surface area contributed by atoms with Crippen molar-refractivity contribution in [3.05, 3.63) is 40.9 Å². The number of nitrogens with zero attached hydrogens (tertiary/aromatic N) is 2. The molecule has 1 N–H and O–H groups in total. The molecule has 0 heterocycles. The lowest BCUT2D eigenvalue weighted by Crippen LogP contribution is -2.03. The Morgan fingerprint density at radius 1 is 1.56 bits per heavy atom. The number of nitriles is 1. The molecule has 0 bridgehead atoms. The van der Waals surface area contributed by atoms with Crippen molar-refractivity contribution in [3.8, 4) is 17.6 Å². The van der Waals surface area contributed by atoms with Gasteiger partial charge in [0.15, 0.2) is 11.5 Å². The van der Waals surface area contributed by atoms with Gasteiger partial charge in [-0.1, -0.05) is 6.07 Å². The largest absolute Gasteiger partial charge is 0.493 e. The molecule has 5 heteroatoms. The van der Waals surface area contributed by atoms with Crippen molar-refractivity contribution in [2.45, 2.75) is 0 Å². The van der Waals surface area contributed by atoms with Crippen molar-refractivity contribution >= 4 is 6.08 Å². The van der Waals surface area contributed by atoms with Crippen LogP contribution in [0.3, 0.4) is 0 Å². The Balaban J connectivity index is 3.03. The van der Waals surface area contributed by atoms with E-state index in [1.165, 1.54) is 13.2 Å². The fraction of sp³-hybridized carbons (Fsp3) is 0.231. The second-order valence-electron chi connectivity index (χ2n) is 3.24. The maximum absolute atomic E-state index is 8.68. The Labute approximate surface area is 105 Å². The molecule has 0 fully saturated rings. The molecule has 0 saturated heterocycles. The van der Waals surface area contributed by atoms with Crippen LogP contribution in [-0.4, -0.2) is 25.4 Å². The van der Waals surface area contributed by atoms with Crippen LogP contribution in [0.2, 0.25) is 0 Å². The molecule has 0 aliphatic rings. The summed E-state index contributed by atoms with van der Waals surface area (Å²) in [5.74, 6) is 0.990. The normalized spacial score (nSPS) is 10.3. The molecule has 0 spiro atoms. The van der Waals surface area contributed by atoms with Crippen LogP contribution in [0, 0.1) is 17.9 Å². The highest BCUT2D eigenvalue weighted by Crippen LogP contribution is 2.28. The number of benzene rings is 1. The van der Waals surface area contributed by atoms with Gasteiger partial charge in [0.1, 0.15) is 6.61 Å². The average molecular weight is 244 g/mol. The van der Waals surface area contributed by atoms with Gasteiger partial charge in [-0.05, 0) is 23.8 Å². The van der Waals surface area contributed by atoms with Crippen molar-refractivity contribution in [1.82, 2.24) is 0 Å². The topological polar surface area (TPSA) is 66.8 Å². The highest BCUT2D eigenvalue weighted by Gasteiger charge is 2.05. The van der Waals surface area contributed by atoms with Crippen molar-refractivity contribution < 1.29 is 14.6 Å². The smallest absolute Gasteiger partial charge is 0.262 e. The zero-order chi connectivity index (χ0) is 13.4. The number of hydrogen-bond donors (Lipinski definition) is 1. The van der Waals surface area contributed by atoms with Crippen molar-refractivity contribution in [2.75, 3.05) is 20.3 Å². The molecule has 18 heavy (non-hydrogen) atoms. The van der Waals surface area contributed by atoms with Gasteiger partial charge in [0.2, 0.25) is 0 Å². The van der Waals surface area contributed by atoms with Gasteiger partial charge in [-0.2, -0.15) is 0 Å². The molecule has 0 radical (unpaired) electrons. The summed E-state index contributed by atoms with van der Waals surface area (Å²) in [5, 5.41) is 17.4. The van der Waals surface area contributed by atoms with Crippen LogP contribution in [0.4, 0.5) is 0 Å². The van der Waals surface area contributed by atoms with Gasteiger partial charge >= 0.3 is 0 Å². The van der Waals surface area contributed by atoms with Crippen molar-refractivity contribution in [1.29, 1.82) is 5.26 Å². The number of ether oxygens (including phenoxy) is 2. The van der Waals surface area contributed by atoms with Crippen LogP contribution in [0.15, 0.2) is 23.9 Å². The zero-order valence-corrected chi connectivity index (χ0v) is 9.88. The molecule has 1 aromatic rings. The third-order valence-electron chi connectivity index (χ3n) is 2.07. The minimum absolute atomic E-state index is 0.001000. The zero-order valence-electron chi connectivity index (χ0n) is 9.88. The SMILES string of the molecule is [C-]#[N+]C(C#N)=Cc1ccc(OCCO)c(OC)c1. The molecule has 5 nitrogen and oxygen atoms in total. The van der Waals surface area contributed by atoms with E-state index in [-0.39, 0.29) is 18.9 Å². The predicted molar refractivity (Wildman–Crippen MR) is 65.8 cm³/mol. The van der Waals surface area contributed by atoms with Crippen LogP contribution < -0.4 is 9.47 Å². The fourth-order valence-corrected chi connectivity index (χ4v) is 1.30. The monoisotopic (exact) mass is 244 g/mol. The van der Waals surface area contributed by atoms with Gasteiger partial charge in [-0.3, -0.25) is 0 Å². The number of aliphatic hydroxyl groups excluding tert-OH is 1. The number of rotatable bonds is 5. The van der Waals surface area contributed by atoms with E-state index in [9.17, 15) is 0 Å². The first-order chi connectivity index (χ1) is 8.74. The van der Waals surface area contributed by atoms with Crippen LogP contribution in [0.25, 0.3) is 10.9 Å². The molecule has 1 aromatic carbocycles. The van der Waals surface area contributed by atoms with E-state index < -0.39 is 0 Å². The van der Waals surface area contributed by atoms with E-state index in [1.807, 2.05) is 0 Å². The third kappa shape index (κ3) is 3.51. The molecular formula is C13H12N2O3. The average Bonchev–Trinajstić information content (AvgIpc) is 2.42. The van der Waals surface area contributed by atoms with Crippen LogP contribution in [0.5, 0.6) is 11.5 Å². The fourth-order valence-electron chi connectivity index (χ4n) is 1.30. The number of allylic oxidation sites excluding steroid dienone is 1. The molecule has 0 atom stereocenters. The number of methoxy groups -OCH3 is 1. The van der Waals surface area contributed by atoms with Crippen LogP contribution in [0.1, 0.15) is 5.56 Å². The van der Waals surface area contributed by atoms with Crippen LogP contribution >= 0.6 is 0 Å². The quantitative estimate of drug-likeness (QED) is 0.634. The van der Waals surface area contributed by atoms with Gasteiger partial charge in [0.25, 0.3) is 5.70 Å². The Morgan fingerprint density at radius 2 is 2.33 bits per heavy atom. The summed E-state index contributed by atoms with van der Waals surface area (Å²) in [4.78, 5) is 3.07. The van der Waals surface area contributed by atoms with Crippen LogP contribution in [-0.2, 0) is 0 Å². The van der Waals surface area contributed by atoms with E-state index in [0.29, 0.717) is 17.1 Å². The summed E-state index contributed by atoms with van der Waals surface area (Å²) in [6.45, 7) is 6.89. The van der Waals surface area contributed by atoms with E-state index in [0.717, 1.165) is 0 Å². The van der Waals surface area contributed by atoms with Gasteiger partial charge in [0.05, 0.1) is 26.4 Å². The summed E-state index contributed by atoms with van der Waals surface area (Å²) in [5.41, 5.74) is 0.678. The molecule has 0 aliphatic carbocycles. The molecule has 92 valence electrons. The van der Waals surface area contributed by atoms with Gasteiger partial charge in [-0.25, -0.2) is 10.1 Å². The third-order valence-corrected chi connectivity index (χ3v) is 2.07. The molecule has 0 aromatic heterocycles. The summed E-state index contributed by atoms with van der Waals surface area (Å²) in [6, 6.07) is 6.82. The molecule has 0 aliphatic heterocycles. The highest BCUT2D eigenvalue weighted by atomic mass is 16.5. The summed E-state index contributed by atoms with van der Waals surface area (Å²) in [7, 11) is 1.49. The molecule has 0 saturated carbocycles. The minimum atomic E-state index is -0.0822.